The van der Waals surface area contributed by atoms with E-state index in [1.807, 2.05) is 77.9 Å². The maximum Gasteiger partial charge on any atom is 0.279 e. The molecule has 2 aromatic heterocycles. The fourth-order valence-electron chi connectivity index (χ4n) is 4.72. The lowest BCUT2D eigenvalue weighted by atomic mass is 9.99. The van der Waals surface area contributed by atoms with Crippen LogP contribution in [-0.2, 0) is 17.8 Å². The molecular formula is C28H31N5O2. The van der Waals surface area contributed by atoms with Gasteiger partial charge in [0.1, 0.15) is 6.54 Å². The first-order chi connectivity index (χ1) is 16.9. The molecule has 1 amide bonds. The number of piperidine rings is 1. The zero-order valence-corrected chi connectivity index (χ0v) is 20.6. The Morgan fingerprint density at radius 1 is 1.00 bits per heavy atom. The average molecular weight is 470 g/mol. The lowest BCUT2D eigenvalue weighted by molar-refractivity contribution is -0.133. The fourth-order valence-corrected chi connectivity index (χ4v) is 4.72. The van der Waals surface area contributed by atoms with E-state index in [0.717, 1.165) is 48.3 Å². The van der Waals surface area contributed by atoms with Crippen molar-refractivity contribution >= 4 is 11.7 Å². The lowest BCUT2D eigenvalue weighted by Crippen LogP contribution is -2.40. The maximum absolute atomic E-state index is 13.6. The Morgan fingerprint density at radius 3 is 2.37 bits per heavy atom. The minimum absolute atomic E-state index is 0.0519. The van der Waals surface area contributed by atoms with Crippen molar-refractivity contribution in [3.63, 3.8) is 0 Å². The Bertz CT molecular complexity index is 1410. The summed E-state index contributed by atoms with van der Waals surface area (Å²) < 4.78 is 3.23. The van der Waals surface area contributed by atoms with E-state index in [2.05, 4.69) is 12.0 Å². The Kier molecular flexibility index (Phi) is 6.24. The predicted molar refractivity (Wildman–Crippen MR) is 136 cm³/mol. The highest BCUT2D eigenvalue weighted by Gasteiger charge is 2.24. The van der Waals surface area contributed by atoms with Crippen molar-refractivity contribution in [1.82, 2.24) is 24.1 Å². The average Bonchev–Trinajstić information content (AvgIpc) is 3.31. The van der Waals surface area contributed by atoms with Crippen LogP contribution in [0.2, 0.25) is 0 Å². The van der Waals surface area contributed by atoms with Crippen LogP contribution in [0.4, 0.5) is 0 Å². The number of aryl methyl sites for hydroxylation is 1. The van der Waals surface area contributed by atoms with Crippen LogP contribution >= 0.6 is 0 Å². The smallest absolute Gasteiger partial charge is 0.279 e. The van der Waals surface area contributed by atoms with E-state index < -0.39 is 0 Å². The topological polar surface area (TPSA) is 72.5 Å². The highest BCUT2D eigenvalue weighted by atomic mass is 16.2. The van der Waals surface area contributed by atoms with E-state index in [4.69, 9.17) is 4.98 Å². The van der Waals surface area contributed by atoms with Gasteiger partial charge in [-0.15, -0.1) is 5.10 Å². The summed E-state index contributed by atoms with van der Waals surface area (Å²) in [5.74, 6) is 1.58. The molecule has 35 heavy (non-hydrogen) atoms. The molecule has 180 valence electrons. The molecule has 0 radical (unpaired) electrons. The molecule has 0 N–H and O–H groups in total. The van der Waals surface area contributed by atoms with Crippen LogP contribution in [0.25, 0.3) is 17.2 Å². The number of nitrogens with zero attached hydrogens (tertiary/aromatic N) is 5. The molecule has 1 saturated heterocycles. The highest BCUT2D eigenvalue weighted by Crippen LogP contribution is 2.20. The largest absolute Gasteiger partial charge is 0.341 e. The molecule has 0 saturated carbocycles. The predicted octanol–water partition coefficient (Wildman–Crippen LogP) is 4.02. The third-order valence-electron chi connectivity index (χ3n) is 7.09. The minimum atomic E-state index is -0.192. The maximum atomic E-state index is 13.6. The second kappa shape index (κ2) is 9.49. The molecule has 0 spiro atoms. The number of aromatic nitrogens is 4. The van der Waals surface area contributed by atoms with Gasteiger partial charge in [-0.3, -0.25) is 9.59 Å². The van der Waals surface area contributed by atoms with Crippen molar-refractivity contribution in [3.05, 3.63) is 87.3 Å². The first kappa shape index (κ1) is 23.0. The molecule has 5 rings (SSSR count). The lowest BCUT2D eigenvalue weighted by Gasteiger charge is -2.31. The van der Waals surface area contributed by atoms with Crippen LogP contribution in [0.5, 0.6) is 0 Å². The Labute approximate surface area is 205 Å². The first-order valence-corrected chi connectivity index (χ1v) is 12.3. The van der Waals surface area contributed by atoms with Crippen LogP contribution in [0.3, 0.4) is 0 Å². The van der Waals surface area contributed by atoms with E-state index in [0.29, 0.717) is 29.5 Å². The number of likely N-dealkylation sites (tertiary alicyclic amines) is 1. The number of fused-ring (bicyclic) bond motifs is 1. The molecule has 2 aromatic carbocycles. The summed E-state index contributed by atoms with van der Waals surface area (Å²) in [6, 6.07) is 17.8. The molecule has 0 atom stereocenters. The number of benzene rings is 2. The van der Waals surface area contributed by atoms with Crippen molar-refractivity contribution < 1.29 is 4.79 Å². The number of amides is 1. The summed E-state index contributed by atoms with van der Waals surface area (Å²) in [4.78, 5) is 33.6. The number of carbonyl (C=O) groups is 1. The van der Waals surface area contributed by atoms with Crippen molar-refractivity contribution in [2.45, 2.75) is 46.6 Å². The number of carbonyl (C=O) groups excluding carboxylic acids is 1. The van der Waals surface area contributed by atoms with Gasteiger partial charge in [0.25, 0.3) is 5.56 Å². The molecule has 0 unspecified atom stereocenters. The number of rotatable bonds is 5. The highest BCUT2D eigenvalue weighted by molar-refractivity contribution is 5.77. The van der Waals surface area contributed by atoms with Gasteiger partial charge in [0.05, 0.1) is 0 Å². The third kappa shape index (κ3) is 4.63. The van der Waals surface area contributed by atoms with Gasteiger partial charge in [0, 0.05) is 36.3 Å². The van der Waals surface area contributed by atoms with E-state index in [1.54, 1.807) is 0 Å². The second-order valence-electron chi connectivity index (χ2n) is 9.69. The molecule has 0 aliphatic carbocycles. The van der Waals surface area contributed by atoms with Gasteiger partial charge in [-0.2, -0.15) is 9.50 Å². The molecule has 3 heterocycles. The van der Waals surface area contributed by atoms with Gasteiger partial charge < -0.3 is 9.47 Å². The van der Waals surface area contributed by atoms with Gasteiger partial charge in [0.15, 0.2) is 5.82 Å². The molecule has 4 aromatic rings. The van der Waals surface area contributed by atoms with Crippen molar-refractivity contribution in [1.29, 1.82) is 0 Å². The molecular weight excluding hydrogens is 438 g/mol. The zero-order chi connectivity index (χ0) is 24.5. The second-order valence-corrected chi connectivity index (χ2v) is 9.69. The SMILES string of the molecule is Cc1ccc(-c2nc3n(CC(=O)N4CCC(C)CC4)c(C)c(Cc4ccccc4)c(=O)n3n2)cc1. The quantitative estimate of drug-likeness (QED) is 0.443. The summed E-state index contributed by atoms with van der Waals surface area (Å²) >= 11 is 0. The van der Waals surface area contributed by atoms with E-state index >= 15 is 0 Å². The summed E-state index contributed by atoms with van der Waals surface area (Å²) in [6.07, 6.45) is 2.51. The molecule has 1 aliphatic rings. The van der Waals surface area contributed by atoms with Crippen LogP contribution in [0.15, 0.2) is 59.4 Å². The standard InChI is InChI=1S/C28H31N5O2/c1-19-9-11-23(12-10-19)26-29-28-32(18-25(34)31-15-13-20(2)14-16-31)21(3)24(27(35)33(28)30-26)17-22-7-5-4-6-8-22/h4-12,20H,13-18H2,1-3H3. The summed E-state index contributed by atoms with van der Waals surface area (Å²) in [5, 5.41) is 4.59. The van der Waals surface area contributed by atoms with Crippen LogP contribution in [0, 0.1) is 19.8 Å². The van der Waals surface area contributed by atoms with Crippen molar-refractivity contribution in [2.75, 3.05) is 13.1 Å². The summed E-state index contributed by atoms with van der Waals surface area (Å²) in [6.45, 7) is 7.84. The Balaban J connectivity index is 1.61. The Morgan fingerprint density at radius 2 is 1.69 bits per heavy atom. The van der Waals surface area contributed by atoms with Gasteiger partial charge in [-0.05, 0) is 38.2 Å². The summed E-state index contributed by atoms with van der Waals surface area (Å²) in [5.41, 5.74) is 4.21. The van der Waals surface area contributed by atoms with Gasteiger partial charge in [-0.1, -0.05) is 67.1 Å². The molecule has 1 aliphatic heterocycles. The fraction of sp³-hybridized carbons (Fsp3) is 0.357. The van der Waals surface area contributed by atoms with Crippen molar-refractivity contribution in [3.8, 4) is 11.4 Å². The van der Waals surface area contributed by atoms with Crippen LogP contribution in [-0.4, -0.2) is 43.1 Å². The third-order valence-corrected chi connectivity index (χ3v) is 7.09. The van der Waals surface area contributed by atoms with Gasteiger partial charge >= 0.3 is 0 Å². The molecule has 7 nitrogen and oxygen atoms in total. The molecule has 1 fully saturated rings. The number of hydrogen-bond acceptors (Lipinski definition) is 4. The van der Waals surface area contributed by atoms with Gasteiger partial charge in [0.2, 0.25) is 11.7 Å². The van der Waals surface area contributed by atoms with E-state index in [9.17, 15) is 9.59 Å². The number of hydrogen-bond donors (Lipinski definition) is 0. The summed E-state index contributed by atoms with van der Waals surface area (Å²) in [7, 11) is 0. The normalized spacial score (nSPS) is 14.5. The molecule has 0 bridgehead atoms. The Hall–Kier alpha value is -3.74. The van der Waals surface area contributed by atoms with Gasteiger partial charge in [-0.25, -0.2) is 0 Å². The van der Waals surface area contributed by atoms with Crippen molar-refractivity contribution in [2.24, 2.45) is 5.92 Å². The monoisotopic (exact) mass is 469 g/mol. The van der Waals surface area contributed by atoms with E-state index in [-0.39, 0.29) is 18.0 Å². The minimum Gasteiger partial charge on any atom is -0.341 e. The zero-order valence-electron chi connectivity index (χ0n) is 20.6. The van der Waals surface area contributed by atoms with E-state index in [1.165, 1.54) is 4.52 Å². The first-order valence-electron chi connectivity index (χ1n) is 12.3. The van der Waals surface area contributed by atoms with Crippen LogP contribution in [0.1, 0.15) is 42.1 Å². The molecule has 7 heteroatoms. The van der Waals surface area contributed by atoms with Crippen LogP contribution < -0.4 is 5.56 Å².